The predicted octanol–water partition coefficient (Wildman–Crippen LogP) is 0.926. The van der Waals surface area contributed by atoms with Crippen LogP contribution in [0.25, 0.3) is 0 Å². The molecule has 1 atom stereocenters. The molecule has 2 N–H and O–H groups in total. The molecule has 0 saturated carbocycles. The SMILES string of the molecule is CC(C)CC(C)(O)CNS(=O)(=O)C(F)F. The second-order valence-electron chi connectivity index (χ2n) is 4.22. The topological polar surface area (TPSA) is 66.4 Å². The molecular weight excluding hydrogens is 228 g/mol. The van der Waals surface area contributed by atoms with Gasteiger partial charge in [-0.15, -0.1) is 0 Å². The van der Waals surface area contributed by atoms with Gasteiger partial charge in [0, 0.05) is 6.54 Å². The van der Waals surface area contributed by atoms with Crippen molar-refractivity contribution in [3.8, 4) is 0 Å². The van der Waals surface area contributed by atoms with E-state index in [0.717, 1.165) is 0 Å². The fraction of sp³-hybridized carbons (Fsp3) is 1.00. The van der Waals surface area contributed by atoms with Crippen LogP contribution in [0.15, 0.2) is 0 Å². The maximum atomic E-state index is 11.9. The Balaban J connectivity index is 4.27. The number of sulfonamides is 1. The first-order valence-electron chi connectivity index (χ1n) is 4.56. The molecule has 0 aromatic heterocycles. The summed E-state index contributed by atoms with van der Waals surface area (Å²) in [6, 6.07) is 0. The van der Waals surface area contributed by atoms with Crippen LogP contribution >= 0.6 is 0 Å². The number of hydrogen-bond donors (Lipinski definition) is 2. The molecule has 0 saturated heterocycles. The summed E-state index contributed by atoms with van der Waals surface area (Å²) in [5, 5.41) is 9.66. The third kappa shape index (κ3) is 6.01. The second kappa shape index (κ2) is 5.18. The summed E-state index contributed by atoms with van der Waals surface area (Å²) in [6.07, 6.45) is 0.332. The van der Waals surface area contributed by atoms with Crippen molar-refractivity contribution >= 4 is 10.0 Å². The van der Waals surface area contributed by atoms with E-state index in [0.29, 0.717) is 6.42 Å². The van der Waals surface area contributed by atoms with Crippen LogP contribution in [0.1, 0.15) is 27.2 Å². The van der Waals surface area contributed by atoms with Crippen molar-refractivity contribution in [2.24, 2.45) is 5.92 Å². The maximum absolute atomic E-state index is 11.9. The van der Waals surface area contributed by atoms with Crippen LogP contribution in [-0.4, -0.2) is 31.4 Å². The highest BCUT2D eigenvalue weighted by Gasteiger charge is 2.28. The fourth-order valence-electron chi connectivity index (χ4n) is 1.27. The molecule has 0 aliphatic carbocycles. The smallest absolute Gasteiger partial charge is 0.350 e. The molecule has 0 fully saturated rings. The van der Waals surface area contributed by atoms with E-state index in [1.807, 2.05) is 13.8 Å². The van der Waals surface area contributed by atoms with E-state index in [-0.39, 0.29) is 5.92 Å². The molecule has 4 nitrogen and oxygen atoms in total. The van der Waals surface area contributed by atoms with Gasteiger partial charge in [0.25, 0.3) is 10.0 Å². The van der Waals surface area contributed by atoms with E-state index in [2.05, 4.69) is 0 Å². The average molecular weight is 245 g/mol. The third-order valence-corrected chi connectivity index (χ3v) is 2.75. The first-order chi connectivity index (χ1) is 6.57. The highest BCUT2D eigenvalue weighted by molar-refractivity contribution is 7.89. The summed E-state index contributed by atoms with van der Waals surface area (Å²) in [7, 11) is -4.61. The van der Waals surface area contributed by atoms with Crippen LogP contribution in [0.5, 0.6) is 0 Å². The van der Waals surface area contributed by atoms with Crippen LogP contribution in [0.4, 0.5) is 8.78 Å². The van der Waals surface area contributed by atoms with E-state index in [1.54, 1.807) is 4.72 Å². The highest BCUT2D eigenvalue weighted by Crippen LogP contribution is 2.16. The van der Waals surface area contributed by atoms with Crippen LogP contribution in [-0.2, 0) is 10.0 Å². The van der Waals surface area contributed by atoms with Gasteiger partial charge in [-0.1, -0.05) is 13.8 Å². The zero-order valence-electron chi connectivity index (χ0n) is 9.00. The summed E-state index contributed by atoms with van der Waals surface area (Å²) >= 11 is 0. The van der Waals surface area contributed by atoms with Gasteiger partial charge in [-0.2, -0.15) is 8.78 Å². The molecule has 0 amide bonds. The Kier molecular flexibility index (Phi) is 5.08. The quantitative estimate of drug-likeness (QED) is 0.731. The zero-order valence-corrected chi connectivity index (χ0v) is 9.81. The summed E-state index contributed by atoms with van der Waals surface area (Å²) in [5.74, 6) is -3.32. The normalized spacial score (nSPS) is 17.1. The summed E-state index contributed by atoms with van der Waals surface area (Å²) < 4.78 is 46.9. The standard InChI is InChI=1S/C8H17F2NO3S/c1-6(2)4-8(3,12)5-11-15(13,14)7(9)10/h6-7,11-12H,4-5H2,1-3H3. The summed E-state index contributed by atoms with van der Waals surface area (Å²) in [6.45, 7) is 4.69. The Morgan fingerprint density at radius 3 is 2.20 bits per heavy atom. The van der Waals surface area contributed by atoms with Crippen molar-refractivity contribution in [2.45, 2.75) is 38.6 Å². The van der Waals surface area contributed by atoms with E-state index in [9.17, 15) is 22.3 Å². The van der Waals surface area contributed by atoms with E-state index < -0.39 is 27.9 Å². The first kappa shape index (κ1) is 14.7. The average Bonchev–Trinajstić information content (AvgIpc) is 1.98. The van der Waals surface area contributed by atoms with Crippen molar-refractivity contribution in [2.75, 3.05) is 6.54 Å². The number of nitrogens with one attached hydrogen (secondary N) is 1. The van der Waals surface area contributed by atoms with Crippen LogP contribution in [0.2, 0.25) is 0 Å². The largest absolute Gasteiger partial charge is 0.389 e. The van der Waals surface area contributed by atoms with Crippen molar-refractivity contribution in [3.63, 3.8) is 0 Å². The van der Waals surface area contributed by atoms with Gasteiger partial charge in [-0.25, -0.2) is 13.1 Å². The van der Waals surface area contributed by atoms with Crippen molar-refractivity contribution in [1.29, 1.82) is 0 Å². The third-order valence-electron chi connectivity index (χ3n) is 1.74. The van der Waals surface area contributed by atoms with Gasteiger partial charge in [0.2, 0.25) is 0 Å². The Morgan fingerprint density at radius 1 is 1.40 bits per heavy atom. The van der Waals surface area contributed by atoms with Crippen molar-refractivity contribution in [3.05, 3.63) is 0 Å². The molecule has 0 radical (unpaired) electrons. The minimum atomic E-state index is -4.61. The molecule has 1 unspecified atom stereocenters. The lowest BCUT2D eigenvalue weighted by Gasteiger charge is -2.25. The minimum Gasteiger partial charge on any atom is -0.389 e. The number of hydrogen-bond acceptors (Lipinski definition) is 3. The Hall–Kier alpha value is -0.270. The number of rotatable bonds is 6. The molecule has 92 valence electrons. The molecule has 0 aliphatic rings. The molecule has 0 aromatic rings. The van der Waals surface area contributed by atoms with Crippen LogP contribution < -0.4 is 4.72 Å². The van der Waals surface area contributed by atoms with Gasteiger partial charge in [0.15, 0.2) is 0 Å². The fourth-order valence-corrected chi connectivity index (χ4v) is 1.91. The van der Waals surface area contributed by atoms with Gasteiger partial charge < -0.3 is 5.11 Å². The molecule has 0 heterocycles. The molecule has 0 bridgehead atoms. The first-order valence-corrected chi connectivity index (χ1v) is 6.10. The van der Waals surface area contributed by atoms with E-state index in [4.69, 9.17) is 0 Å². The lowest BCUT2D eigenvalue weighted by atomic mass is 9.95. The Labute approximate surface area is 88.7 Å². The van der Waals surface area contributed by atoms with Gasteiger partial charge >= 0.3 is 5.76 Å². The zero-order chi connectivity index (χ0) is 12.3. The Morgan fingerprint density at radius 2 is 1.87 bits per heavy atom. The second-order valence-corrected chi connectivity index (χ2v) is 5.96. The number of aliphatic hydroxyl groups is 1. The van der Waals surface area contributed by atoms with Gasteiger partial charge in [0.05, 0.1) is 5.60 Å². The molecule has 0 aromatic carbocycles. The molecule has 0 aliphatic heterocycles. The molecular formula is C8H17F2NO3S. The molecule has 0 spiro atoms. The molecule has 15 heavy (non-hydrogen) atoms. The molecule has 0 rings (SSSR count). The highest BCUT2D eigenvalue weighted by atomic mass is 32.2. The van der Waals surface area contributed by atoms with Crippen LogP contribution in [0.3, 0.4) is 0 Å². The summed E-state index contributed by atoms with van der Waals surface area (Å²) in [5.41, 5.74) is -1.31. The van der Waals surface area contributed by atoms with Crippen LogP contribution in [0, 0.1) is 5.92 Å². The van der Waals surface area contributed by atoms with Gasteiger partial charge in [-0.3, -0.25) is 0 Å². The van der Waals surface area contributed by atoms with E-state index >= 15 is 0 Å². The lowest BCUT2D eigenvalue weighted by molar-refractivity contribution is 0.0432. The minimum absolute atomic E-state index is 0.149. The number of alkyl halides is 2. The van der Waals surface area contributed by atoms with Crippen molar-refractivity contribution in [1.82, 2.24) is 4.72 Å². The Bertz CT molecular complexity index is 288. The molecule has 7 heteroatoms. The lowest BCUT2D eigenvalue weighted by Crippen LogP contribution is -2.43. The van der Waals surface area contributed by atoms with Crippen molar-refractivity contribution < 1.29 is 22.3 Å². The number of halogens is 2. The maximum Gasteiger partial charge on any atom is 0.350 e. The monoisotopic (exact) mass is 245 g/mol. The summed E-state index contributed by atoms with van der Waals surface area (Å²) in [4.78, 5) is 0. The van der Waals surface area contributed by atoms with Gasteiger partial charge in [-0.05, 0) is 19.3 Å². The van der Waals surface area contributed by atoms with Gasteiger partial charge in [0.1, 0.15) is 0 Å². The predicted molar refractivity (Wildman–Crippen MR) is 53.0 cm³/mol. The van der Waals surface area contributed by atoms with E-state index in [1.165, 1.54) is 6.92 Å².